The predicted molar refractivity (Wildman–Crippen MR) is 92.0 cm³/mol. The Hall–Kier alpha value is -2.05. The van der Waals surface area contributed by atoms with Gasteiger partial charge in [0, 0.05) is 11.4 Å². The highest BCUT2D eigenvalue weighted by Gasteiger charge is 2.08. The van der Waals surface area contributed by atoms with Gasteiger partial charge >= 0.3 is 6.03 Å². The Morgan fingerprint density at radius 1 is 1.30 bits per heavy atom. The number of hydrogen-bond donors (Lipinski definition) is 3. The maximum atomic E-state index is 11.7. The molecule has 124 valence electrons. The lowest BCUT2D eigenvalue weighted by Gasteiger charge is -2.14. The minimum atomic E-state index is -0.760. The second-order valence-corrected chi connectivity index (χ2v) is 6.37. The van der Waals surface area contributed by atoms with Crippen molar-refractivity contribution in [2.45, 2.75) is 26.5 Å². The smallest absolute Gasteiger partial charge is 0.315 e. The molecule has 0 spiro atoms. The van der Waals surface area contributed by atoms with Gasteiger partial charge in [0.15, 0.2) is 0 Å². The van der Waals surface area contributed by atoms with Gasteiger partial charge in [-0.2, -0.15) is 0 Å². The second kappa shape index (κ2) is 8.55. The minimum Gasteiger partial charge on any atom is -0.491 e. The fourth-order valence-electron chi connectivity index (χ4n) is 1.98. The first-order valence-electron chi connectivity index (χ1n) is 7.47. The molecule has 3 N–H and O–H groups in total. The Bertz CT molecular complexity index is 642. The van der Waals surface area contributed by atoms with Gasteiger partial charge in [0.1, 0.15) is 18.5 Å². The Morgan fingerprint density at radius 3 is 2.83 bits per heavy atom. The van der Waals surface area contributed by atoms with Gasteiger partial charge in [-0.05, 0) is 48.6 Å². The minimum absolute atomic E-state index is 0.133. The van der Waals surface area contributed by atoms with Crippen LogP contribution in [-0.2, 0) is 6.54 Å². The summed E-state index contributed by atoms with van der Waals surface area (Å²) in [6.45, 7) is 4.75. The summed E-state index contributed by atoms with van der Waals surface area (Å²) in [4.78, 5) is 12.8. The largest absolute Gasteiger partial charge is 0.491 e. The Kier molecular flexibility index (Phi) is 6.43. The fraction of sp³-hybridized carbons (Fsp3) is 0.353. The predicted octanol–water partition coefficient (Wildman–Crippen LogP) is 2.60. The quantitative estimate of drug-likeness (QED) is 0.729. The number of ether oxygens (including phenoxy) is 1. The molecule has 1 heterocycles. The van der Waals surface area contributed by atoms with Crippen molar-refractivity contribution in [2.75, 3.05) is 13.2 Å². The molecule has 0 aliphatic rings. The molecule has 0 fully saturated rings. The molecule has 0 saturated carbocycles. The summed E-state index contributed by atoms with van der Waals surface area (Å²) in [7, 11) is 0. The van der Waals surface area contributed by atoms with E-state index in [1.807, 2.05) is 49.6 Å². The third kappa shape index (κ3) is 5.92. The second-order valence-electron chi connectivity index (χ2n) is 5.37. The zero-order valence-corrected chi connectivity index (χ0v) is 14.2. The number of amides is 2. The number of aryl methyl sites for hydroxylation is 2. The molecular weight excluding hydrogens is 312 g/mol. The van der Waals surface area contributed by atoms with Crippen LogP contribution >= 0.6 is 11.3 Å². The van der Waals surface area contributed by atoms with E-state index in [1.165, 1.54) is 5.56 Å². The molecule has 5 nitrogen and oxygen atoms in total. The van der Waals surface area contributed by atoms with E-state index in [9.17, 15) is 9.90 Å². The average molecular weight is 334 g/mol. The van der Waals surface area contributed by atoms with Gasteiger partial charge in [0.25, 0.3) is 0 Å². The van der Waals surface area contributed by atoms with Crippen molar-refractivity contribution in [3.8, 4) is 5.75 Å². The van der Waals surface area contributed by atoms with Gasteiger partial charge in [-0.3, -0.25) is 0 Å². The highest BCUT2D eigenvalue weighted by molar-refractivity contribution is 7.10. The number of rotatable bonds is 7. The Morgan fingerprint density at radius 2 is 2.13 bits per heavy atom. The molecule has 0 saturated heterocycles. The van der Waals surface area contributed by atoms with Crippen molar-refractivity contribution >= 4 is 17.4 Å². The molecule has 1 aromatic carbocycles. The van der Waals surface area contributed by atoms with Crippen LogP contribution < -0.4 is 15.4 Å². The zero-order valence-electron chi connectivity index (χ0n) is 13.3. The van der Waals surface area contributed by atoms with Crippen LogP contribution in [0, 0.1) is 13.8 Å². The van der Waals surface area contributed by atoms with Crippen molar-refractivity contribution in [3.05, 3.63) is 51.7 Å². The Balaban J connectivity index is 1.64. The van der Waals surface area contributed by atoms with Crippen LogP contribution in [0.1, 0.15) is 16.0 Å². The van der Waals surface area contributed by atoms with Crippen LogP contribution in [0.3, 0.4) is 0 Å². The molecule has 1 unspecified atom stereocenters. The maximum Gasteiger partial charge on any atom is 0.315 e. The first-order valence-corrected chi connectivity index (χ1v) is 8.35. The van der Waals surface area contributed by atoms with Crippen molar-refractivity contribution < 1.29 is 14.6 Å². The van der Waals surface area contributed by atoms with Gasteiger partial charge in [-0.1, -0.05) is 12.1 Å². The number of carbonyl (C=O) groups is 1. The first-order chi connectivity index (χ1) is 11.0. The van der Waals surface area contributed by atoms with Crippen LogP contribution in [0.5, 0.6) is 5.75 Å². The summed E-state index contributed by atoms with van der Waals surface area (Å²) in [6, 6.07) is 9.33. The number of aliphatic hydroxyl groups excluding tert-OH is 1. The van der Waals surface area contributed by atoms with E-state index in [1.54, 1.807) is 11.3 Å². The lowest BCUT2D eigenvalue weighted by Crippen LogP contribution is -2.41. The van der Waals surface area contributed by atoms with Crippen molar-refractivity contribution in [2.24, 2.45) is 0 Å². The molecule has 23 heavy (non-hydrogen) atoms. The molecule has 6 heteroatoms. The topological polar surface area (TPSA) is 70.6 Å². The van der Waals surface area contributed by atoms with E-state index in [0.717, 1.165) is 10.4 Å². The number of urea groups is 1. The average Bonchev–Trinajstić information content (AvgIpc) is 2.94. The lowest BCUT2D eigenvalue weighted by atomic mass is 10.2. The molecule has 2 amide bonds. The standard InChI is InChI=1S/C17H22N2O3S/c1-12-4-3-5-15(8-12)22-11-14(20)9-18-17(21)19-10-16-13(2)6-7-23-16/h3-8,14,20H,9-11H2,1-2H3,(H2,18,19,21). The number of nitrogens with one attached hydrogen (secondary N) is 2. The molecule has 0 aliphatic heterocycles. The fourth-order valence-corrected chi connectivity index (χ4v) is 2.82. The molecule has 0 bridgehead atoms. The summed E-state index contributed by atoms with van der Waals surface area (Å²) >= 11 is 1.61. The molecule has 0 radical (unpaired) electrons. The molecule has 1 atom stereocenters. The van der Waals surface area contributed by atoms with Crippen molar-refractivity contribution in [1.29, 1.82) is 0 Å². The summed E-state index contributed by atoms with van der Waals surface area (Å²) in [5.41, 5.74) is 2.26. The van der Waals surface area contributed by atoms with Crippen LogP contribution in [-0.4, -0.2) is 30.4 Å². The highest BCUT2D eigenvalue weighted by Crippen LogP contribution is 2.14. The SMILES string of the molecule is Cc1cccc(OCC(O)CNC(=O)NCc2sccc2C)c1. The summed E-state index contributed by atoms with van der Waals surface area (Å²) in [5.74, 6) is 0.710. The molecule has 0 aliphatic carbocycles. The van der Waals surface area contributed by atoms with Gasteiger partial charge in [-0.15, -0.1) is 11.3 Å². The van der Waals surface area contributed by atoms with E-state index in [4.69, 9.17) is 4.74 Å². The van der Waals surface area contributed by atoms with Crippen LogP contribution in [0.2, 0.25) is 0 Å². The van der Waals surface area contributed by atoms with Crippen molar-refractivity contribution in [3.63, 3.8) is 0 Å². The molecular formula is C17H22N2O3S. The molecule has 2 aromatic rings. The summed E-state index contributed by atoms with van der Waals surface area (Å²) < 4.78 is 5.50. The number of benzene rings is 1. The van der Waals surface area contributed by atoms with Crippen molar-refractivity contribution in [1.82, 2.24) is 10.6 Å². The van der Waals surface area contributed by atoms with Crippen LogP contribution in [0.4, 0.5) is 4.79 Å². The number of aliphatic hydroxyl groups is 1. The van der Waals surface area contributed by atoms with E-state index in [2.05, 4.69) is 10.6 Å². The van der Waals surface area contributed by atoms with E-state index in [-0.39, 0.29) is 19.2 Å². The maximum absolute atomic E-state index is 11.7. The number of hydrogen-bond acceptors (Lipinski definition) is 4. The Labute approximate surface area is 140 Å². The normalized spacial score (nSPS) is 11.8. The van der Waals surface area contributed by atoms with E-state index < -0.39 is 6.10 Å². The first kappa shape index (κ1) is 17.3. The van der Waals surface area contributed by atoms with Gasteiger partial charge < -0.3 is 20.5 Å². The van der Waals surface area contributed by atoms with Crippen LogP contribution in [0.15, 0.2) is 35.7 Å². The third-order valence-electron chi connectivity index (χ3n) is 3.31. The van der Waals surface area contributed by atoms with E-state index >= 15 is 0 Å². The molecule has 1 aromatic heterocycles. The van der Waals surface area contributed by atoms with Gasteiger partial charge in [0.2, 0.25) is 0 Å². The highest BCUT2D eigenvalue weighted by atomic mass is 32.1. The molecule has 2 rings (SSSR count). The number of thiophene rings is 1. The number of carbonyl (C=O) groups excluding carboxylic acids is 1. The van der Waals surface area contributed by atoms with Gasteiger partial charge in [-0.25, -0.2) is 4.79 Å². The monoisotopic (exact) mass is 334 g/mol. The van der Waals surface area contributed by atoms with Crippen LogP contribution in [0.25, 0.3) is 0 Å². The third-order valence-corrected chi connectivity index (χ3v) is 4.33. The summed E-state index contributed by atoms with van der Waals surface area (Å²) in [5, 5.41) is 17.3. The zero-order chi connectivity index (χ0) is 16.7. The summed E-state index contributed by atoms with van der Waals surface area (Å²) in [6.07, 6.45) is -0.760. The van der Waals surface area contributed by atoms with Gasteiger partial charge in [0.05, 0.1) is 6.54 Å². The lowest BCUT2D eigenvalue weighted by molar-refractivity contribution is 0.108. The van der Waals surface area contributed by atoms with E-state index in [0.29, 0.717) is 12.3 Å².